The van der Waals surface area contributed by atoms with Crippen LogP contribution in [0, 0.1) is 13.8 Å². The number of hydrogen-bond donors (Lipinski definition) is 0. The minimum Gasteiger partial charge on any atom is -0.266 e. The molecule has 0 N–H and O–H groups in total. The van der Waals surface area contributed by atoms with E-state index >= 15 is 0 Å². The van der Waals surface area contributed by atoms with Gasteiger partial charge in [0.05, 0.1) is 17.8 Å². The lowest BCUT2D eigenvalue weighted by atomic mass is 10.0. The zero-order chi connectivity index (χ0) is 13.3. The molecule has 0 fully saturated rings. The third-order valence-electron chi connectivity index (χ3n) is 2.89. The molecular formula is C13H12Cl2N2O. The summed E-state index contributed by atoms with van der Waals surface area (Å²) in [7, 11) is 0. The molecule has 0 spiro atoms. The predicted octanol–water partition coefficient (Wildman–Crippen LogP) is 3.22. The Bertz CT molecular complexity index is 630. The Morgan fingerprint density at radius 3 is 2.44 bits per heavy atom. The number of benzene rings is 1. The standard InChI is InChI=1S/C13H12Cl2N2O/c1-8-4-3-5-9(2)10(8)7-17-13(18)12(15)11(14)6-16-17/h3-6H,7H2,1-2H3. The highest BCUT2D eigenvalue weighted by atomic mass is 35.5. The monoisotopic (exact) mass is 282 g/mol. The van der Waals surface area contributed by atoms with Gasteiger partial charge in [0.1, 0.15) is 5.02 Å². The molecule has 0 saturated heterocycles. The van der Waals surface area contributed by atoms with Crippen LogP contribution in [0.15, 0.2) is 29.2 Å². The second kappa shape index (κ2) is 5.12. The summed E-state index contributed by atoms with van der Waals surface area (Å²) in [5, 5.41) is 4.20. The first kappa shape index (κ1) is 13.1. The van der Waals surface area contributed by atoms with Crippen molar-refractivity contribution in [3.05, 3.63) is 61.5 Å². The second-order valence-electron chi connectivity index (χ2n) is 4.14. The molecule has 5 heteroatoms. The maximum Gasteiger partial charge on any atom is 0.287 e. The summed E-state index contributed by atoms with van der Waals surface area (Å²) >= 11 is 11.6. The minimum atomic E-state index is -0.369. The van der Waals surface area contributed by atoms with Crippen LogP contribution in [0.5, 0.6) is 0 Å². The van der Waals surface area contributed by atoms with Gasteiger partial charge in [-0.2, -0.15) is 5.10 Å². The number of hydrogen-bond acceptors (Lipinski definition) is 2. The zero-order valence-corrected chi connectivity index (χ0v) is 11.6. The number of aryl methyl sites for hydroxylation is 2. The van der Waals surface area contributed by atoms with Crippen molar-refractivity contribution in [1.82, 2.24) is 9.78 Å². The molecule has 2 aromatic rings. The number of rotatable bonds is 2. The van der Waals surface area contributed by atoms with Crippen molar-refractivity contribution in [2.45, 2.75) is 20.4 Å². The summed E-state index contributed by atoms with van der Waals surface area (Å²) in [6.07, 6.45) is 1.39. The molecular weight excluding hydrogens is 271 g/mol. The van der Waals surface area contributed by atoms with Gasteiger partial charge in [-0.05, 0) is 30.5 Å². The first-order valence-electron chi connectivity index (χ1n) is 5.47. The molecule has 0 bridgehead atoms. The summed E-state index contributed by atoms with van der Waals surface area (Å²) in [6, 6.07) is 6.00. The van der Waals surface area contributed by atoms with Crippen LogP contribution in [0.1, 0.15) is 16.7 Å². The molecule has 0 unspecified atom stereocenters. The van der Waals surface area contributed by atoms with Crippen LogP contribution in [-0.4, -0.2) is 9.78 Å². The van der Waals surface area contributed by atoms with Gasteiger partial charge in [-0.3, -0.25) is 4.79 Å². The lowest BCUT2D eigenvalue weighted by Gasteiger charge is -2.11. The SMILES string of the molecule is Cc1cccc(C)c1Cn1ncc(Cl)c(Cl)c1=O. The molecule has 1 aromatic carbocycles. The Labute approximate surface area is 115 Å². The molecule has 0 aliphatic heterocycles. The third-order valence-corrected chi connectivity index (χ3v) is 3.64. The van der Waals surface area contributed by atoms with E-state index in [2.05, 4.69) is 5.10 Å². The second-order valence-corrected chi connectivity index (χ2v) is 4.92. The van der Waals surface area contributed by atoms with Crippen LogP contribution in [-0.2, 0) is 6.54 Å². The quantitative estimate of drug-likeness (QED) is 0.848. The molecule has 94 valence electrons. The van der Waals surface area contributed by atoms with Crippen molar-refractivity contribution in [2.75, 3.05) is 0 Å². The van der Waals surface area contributed by atoms with Crippen molar-refractivity contribution in [3.63, 3.8) is 0 Å². The average Bonchev–Trinajstić information content (AvgIpc) is 2.34. The Morgan fingerprint density at radius 1 is 1.22 bits per heavy atom. The van der Waals surface area contributed by atoms with Gasteiger partial charge < -0.3 is 0 Å². The topological polar surface area (TPSA) is 34.9 Å². The summed E-state index contributed by atoms with van der Waals surface area (Å²) in [5.74, 6) is 0. The van der Waals surface area contributed by atoms with Crippen molar-refractivity contribution in [2.24, 2.45) is 0 Å². The van der Waals surface area contributed by atoms with E-state index in [0.717, 1.165) is 16.7 Å². The van der Waals surface area contributed by atoms with Gasteiger partial charge in [-0.15, -0.1) is 0 Å². The first-order chi connectivity index (χ1) is 8.50. The molecule has 0 amide bonds. The van der Waals surface area contributed by atoms with Crippen LogP contribution < -0.4 is 5.56 Å². The van der Waals surface area contributed by atoms with Crippen LogP contribution in [0.3, 0.4) is 0 Å². The van der Waals surface area contributed by atoms with E-state index in [-0.39, 0.29) is 15.6 Å². The minimum absolute atomic E-state index is 0.0119. The Kier molecular flexibility index (Phi) is 3.73. The van der Waals surface area contributed by atoms with Crippen LogP contribution in [0.2, 0.25) is 10.0 Å². The Morgan fingerprint density at radius 2 is 1.83 bits per heavy atom. The molecule has 1 heterocycles. The van der Waals surface area contributed by atoms with Gasteiger partial charge in [-0.1, -0.05) is 41.4 Å². The first-order valence-corrected chi connectivity index (χ1v) is 6.22. The number of halogens is 2. The van der Waals surface area contributed by atoms with Crippen LogP contribution in [0.25, 0.3) is 0 Å². The van der Waals surface area contributed by atoms with Gasteiger partial charge in [0, 0.05) is 0 Å². The fraction of sp³-hybridized carbons (Fsp3) is 0.231. The fourth-order valence-electron chi connectivity index (χ4n) is 1.81. The fourth-order valence-corrected chi connectivity index (χ4v) is 2.08. The highest BCUT2D eigenvalue weighted by molar-refractivity contribution is 6.41. The maximum absolute atomic E-state index is 11.9. The van der Waals surface area contributed by atoms with Gasteiger partial charge in [-0.25, -0.2) is 4.68 Å². The highest BCUT2D eigenvalue weighted by Crippen LogP contribution is 2.17. The van der Waals surface area contributed by atoms with Crippen molar-refractivity contribution >= 4 is 23.2 Å². The van der Waals surface area contributed by atoms with E-state index in [9.17, 15) is 4.79 Å². The molecule has 0 saturated carbocycles. The molecule has 0 aliphatic carbocycles. The molecule has 2 rings (SSSR count). The van der Waals surface area contributed by atoms with E-state index in [1.807, 2.05) is 32.0 Å². The van der Waals surface area contributed by atoms with E-state index in [0.29, 0.717) is 6.54 Å². The van der Waals surface area contributed by atoms with Gasteiger partial charge in [0.25, 0.3) is 5.56 Å². The molecule has 0 atom stereocenters. The van der Waals surface area contributed by atoms with Crippen molar-refractivity contribution < 1.29 is 0 Å². The smallest absolute Gasteiger partial charge is 0.266 e. The largest absolute Gasteiger partial charge is 0.287 e. The van der Waals surface area contributed by atoms with Crippen LogP contribution in [0.4, 0.5) is 0 Å². The number of aromatic nitrogens is 2. The van der Waals surface area contributed by atoms with E-state index in [1.54, 1.807) is 0 Å². The Balaban J connectivity index is 2.47. The molecule has 0 radical (unpaired) electrons. The summed E-state index contributed by atoms with van der Waals surface area (Å²) in [6.45, 7) is 4.41. The maximum atomic E-state index is 11.9. The molecule has 3 nitrogen and oxygen atoms in total. The van der Waals surface area contributed by atoms with Gasteiger partial charge >= 0.3 is 0 Å². The summed E-state index contributed by atoms with van der Waals surface area (Å²) in [5.41, 5.74) is 2.95. The lowest BCUT2D eigenvalue weighted by molar-refractivity contribution is 0.635. The van der Waals surface area contributed by atoms with E-state index in [1.165, 1.54) is 10.9 Å². The number of nitrogens with zero attached hydrogens (tertiary/aromatic N) is 2. The molecule has 1 aromatic heterocycles. The average molecular weight is 283 g/mol. The predicted molar refractivity (Wildman–Crippen MR) is 73.5 cm³/mol. The van der Waals surface area contributed by atoms with E-state index < -0.39 is 0 Å². The highest BCUT2D eigenvalue weighted by Gasteiger charge is 2.10. The lowest BCUT2D eigenvalue weighted by Crippen LogP contribution is -2.24. The van der Waals surface area contributed by atoms with Crippen molar-refractivity contribution in [3.8, 4) is 0 Å². The molecule has 18 heavy (non-hydrogen) atoms. The summed E-state index contributed by atoms with van der Waals surface area (Å²) < 4.78 is 1.32. The normalized spacial score (nSPS) is 10.7. The van der Waals surface area contributed by atoms with Gasteiger partial charge in [0.2, 0.25) is 0 Å². The Hall–Kier alpha value is -1.32. The van der Waals surface area contributed by atoms with Crippen LogP contribution >= 0.6 is 23.2 Å². The van der Waals surface area contributed by atoms with E-state index in [4.69, 9.17) is 23.2 Å². The van der Waals surface area contributed by atoms with Gasteiger partial charge in [0.15, 0.2) is 0 Å². The zero-order valence-electron chi connectivity index (χ0n) is 10.1. The summed E-state index contributed by atoms with van der Waals surface area (Å²) in [4.78, 5) is 11.9. The molecule has 0 aliphatic rings. The van der Waals surface area contributed by atoms with Crippen molar-refractivity contribution in [1.29, 1.82) is 0 Å². The third kappa shape index (κ3) is 2.42.